The Balaban J connectivity index is 0.00000576. The van der Waals surface area contributed by atoms with Crippen LogP contribution in [0.3, 0.4) is 0 Å². The number of benzene rings is 3. The second-order valence-corrected chi connectivity index (χ2v) is 13.2. The SMILES string of the molecule is CCOc1ccc(Nc2ccc(C(=C3C=CC(=[NH+]CCS(=O)(=O)[O-])C(C)=C3)c3ccc(NC[CH-]S(=O)(=O)O)c(C)c3)cc2)cc1.[Na+]. The summed E-state index contributed by atoms with van der Waals surface area (Å²) < 4.78 is 69.8. The number of allylic oxidation sites excluding steroid dienone is 5. The van der Waals surface area contributed by atoms with Gasteiger partial charge in [0.2, 0.25) is 5.71 Å². The number of anilines is 3. The first-order valence-electron chi connectivity index (χ1n) is 14.2. The van der Waals surface area contributed by atoms with Gasteiger partial charge in [-0.25, -0.2) is 21.8 Å². The van der Waals surface area contributed by atoms with Crippen molar-refractivity contribution in [1.29, 1.82) is 0 Å². The molecule has 0 saturated heterocycles. The second kappa shape index (κ2) is 16.6. The van der Waals surface area contributed by atoms with Crippen LogP contribution in [0.25, 0.3) is 5.57 Å². The number of hydrogen-bond donors (Lipinski definition) is 4. The zero-order valence-corrected chi connectivity index (χ0v) is 29.8. The molecular weight excluding hydrogens is 638 g/mol. The fraction of sp³-hybridized carbons (Fsp3) is 0.212. The van der Waals surface area contributed by atoms with E-state index in [-0.39, 0.29) is 42.6 Å². The molecule has 3 aromatic rings. The van der Waals surface area contributed by atoms with E-state index in [0.717, 1.165) is 67.7 Å². The Hall–Kier alpha value is -3.23. The van der Waals surface area contributed by atoms with Gasteiger partial charge in [-0.3, -0.25) is 0 Å². The zero-order valence-electron chi connectivity index (χ0n) is 26.2. The summed E-state index contributed by atoms with van der Waals surface area (Å²) in [6.07, 6.45) is 5.79. The third-order valence-corrected chi connectivity index (χ3v) is 8.20. The minimum atomic E-state index is -4.33. The summed E-state index contributed by atoms with van der Waals surface area (Å²) in [6.45, 7) is 6.30. The molecule has 13 heteroatoms. The Morgan fingerprint density at radius 2 is 1.57 bits per heavy atom. The van der Waals surface area contributed by atoms with Crippen LogP contribution in [0.4, 0.5) is 17.1 Å². The molecule has 0 aliphatic heterocycles. The van der Waals surface area contributed by atoms with Crippen LogP contribution < -0.4 is 49.9 Å². The quantitative estimate of drug-likeness (QED) is 0.118. The number of rotatable bonds is 13. The standard InChI is InChI=1S/C33H36N3O7S2.Na/c1-4-43-30-13-11-29(12-14-30)36-28-9-5-25(6-10-28)33(26-7-15-31(23(2)21-26)34-17-19-44(37,38)39)27-8-16-32(24(3)22-27)35-18-20-45(40,41)42;/h5-16,19,21-22,34,36H,4,17-18,20H2,1-3H3,(H,37,38,39)(H,40,41,42);/q-1;+1. The zero-order chi connectivity index (χ0) is 32.6. The van der Waals surface area contributed by atoms with Gasteiger partial charge in [0.15, 0.2) is 6.54 Å². The predicted molar refractivity (Wildman–Crippen MR) is 177 cm³/mol. The first-order chi connectivity index (χ1) is 21.3. The average Bonchev–Trinajstić information content (AvgIpc) is 2.96. The normalized spacial score (nSPS) is 15.2. The van der Waals surface area contributed by atoms with Crippen LogP contribution in [0, 0.1) is 12.7 Å². The molecule has 0 amide bonds. The maximum absolute atomic E-state index is 11.1. The van der Waals surface area contributed by atoms with E-state index in [1.165, 1.54) is 0 Å². The topological polar surface area (TPSA) is 159 Å². The Bertz CT molecular complexity index is 1870. The van der Waals surface area contributed by atoms with Crippen molar-refractivity contribution in [3.8, 4) is 5.75 Å². The molecule has 0 aromatic heterocycles. The molecule has 0 bridgehead atoms. The maximum Gasteiger partial charge on any atom is 1.00 e. The van der Waals surface area contributed by atoms with Crippen molar-refractivity contribution < 1.29 is 65.2 Å². The van der Waals surface area contributed by atoms with E-state index >= 15 is 0 Å². The Morgan fingerprint density at radius 1 is 0.935 bits per heavy atom. The van der Waals surface area contributed by atoms with Crippen molar-refractivity contribution in [1.82, 2.24) is 0 Å². The first kappa shape index (κ1) is 37.2. The van der Waals surface area contributed by atoms with Crippen LogP contribution in [0.15, 0.2) is 96.1 Å². The van der Waals surface area contributed by atoms with Crippen LogP contribution in [-0.4, -0.2) is 57.1 Å². The molecule has 10 nitrogen and oxygen atoms in total. The number of hydrogen-bond acceptors (Lipinski definition) is 8. The second-order valence-electron chi connectivity index (χ2n) is 10.3. The van der Waals surface area contributed by atoms with Gasteiger partial charge < -0.3 is 24.5 Å². The van der Waals surface area contributed by atoms with Crippen molar-refractivity contribution in [2.24, 2.45) is 0 Å². The fourth-order valence-electron chi connectivity index (χ4n) is 4.79. The van der Waals surface area contributed by atoms with Crippen molar-refractivity contribution >= 4 is 48.6 Å². The molecule has 0 heterocycles. The maximum atomic E-state index is 11.1. The summed E-state index contributed by atoms with van der Waals surface area (Å²) in [5.41, 5.74) is 8.74. The largest absolute Gasteiger partial charge is 1.00 e. The summed E-state index contributed by atoms with van der Waals surface area (Å²) in [4.78, 5) is 3.03. The summed E-state index contributed by atoms with van der Waals surface area (Å²) in [5.74, 6) is 1.09. The van der Waals surface area contributed by atoms with Gasteiger partial charge in [0.1, 0.15) is 26.0 Å². The molecule has 0 fully saturated rings. The van der Waals surface area contributed by atoms with Gasteiger partial charge in [-0.05, 0) is 109 Å². The molecule has 4 rings (SSSR count). The molecule has 3 aromatic carbocycles. The first-order valence-corrected chi connectivity index (χ1v) is 17.3. The molecule has 0 saturated carbocycles. The van der Waals surface area contributed by atoms with Gasteiger partial charge in [-0.2, -0.15) is 5.75 Å². The van der Waals surface area contributed by atoms with Crippen molar-refractivity contribution in [2.75, 3.05) is 36.1 Å². The van der Waals surface area contributed by atoms with Crippen molar-refractivity contribution in [3.63, 3.8) is 0 Å². The Morgan fingerprint density at radius 3 is 2.13 bits per heavy atom. The van der Waals surface area contributed by atoms with Crippen molar-refractivity contribution in [2.45, 2.75) is 20.8 Å². The van der Waals surface area contributed by atoms with E-state index < -0.39 is 26.0 Å². The molecular formula is C33H36N3NaO7S2. The number of ether oxygens (including phenoxy) is 1. The van der Waals surface area contributed by atoms with Gasteiger partial charge in [0.25, 0.3) is 0 Å². The van der Waals surface area contributed by atoms with Gasteiger partial charge >= 0.3 is 29.6 Å². The third kappa shape index (κ3) is 11.2. The van der Waals surface area contributed by atoms with Gasteiger partial charge in [-0.15, -0.1) is 0 Å². The van der Waals surface area contributed by atoms with Crippen LogP contribution in [0.5, 0.6) is 5.75 Å². The fourth-order valence-corrected chi connectivity index (χ4v) is 5.44. The summed E-state index contributed by atoms with van der Waals surface area (Å²) >= 11 is 0. The van der Waals surface area contributed by atoms with E-state index in [4.69, 9.17) is 9.29 Å². The van der Waals surface area contributed by atoms with Crippen LogP contribution >= 0.6 is 0 Å². The predicted octanol–water partition coefficient (Wildman–Crippen LogP) is 0.988. The minimum absolute atomic E-state index is 0. The van der Waals surface area contributed by atoms with Crippen molar-refractivity contribution in [3.05, 3.63) is 119 Å². The Labute approximate surface area is 293 Å². The van der Waals surface area contributed by atoms with Crippen LogP contribution in [0.1, 0.15) is 30.5 Å². The third-order valence-electron chi connectivity index (χ3n) is 6.91. The molecule has 0 radical (unpaired) electrons. The molecule has 1 aliphatic rings. The summed E-state index contributed by atoms with van der Waals surface area (Å²) in [7, 11) is -8.53. The van der Waals surface area contributed by atoms with E-state index in [9.17, 15) is 21.4 Å². The average molecular weight is 674 g/mol. The van der Waals surface area contributed by atoms with Gasteiger partial charge in [-0.1, -0.05) is 24.7 Å². The molecule has 0 spiro atoms. The van der Waals surface area contributed by atoms with Gasteiger partial charge in [0, 0.05) is 28.7 Å². The van der Waals surface area contributed by atoms with E-state index in [1.54, 1.807) is 0 Å². The van der Waals surface area contributed by atoms with E-state index in [1.807, 2.05) is 106 Å². The molecule has 0 atom stereocenters. The number of aryl methyl sites for hydroxylation is 1. The van der Waals surface area contributed by atoms with Crippen LogP contribution in [-0.2, 0) is 20.2 Å². The molecule has 1 aliphatic carbocycles. The molecule has 46 heavy (non-hydrogen) atoms. The monoisotopic (exact) mass is 673 g/mol. The van der Waals surface area contributed by atoms with Crippen LogP contribution in [0.2, 0.25) is 0 Å². The van der Waals surface area contributed by atoms with E-state index in [2.05, 4.69) is 15.6 Å². The Kier molecular flexibility index (Phi) is 13.4. The smallest absolute Gasteiger partial charge is 0.748 e. The number of nitrogens with one attached hydrogen (secondary N) is 3. The molecule has 4 N–H and O–H groups in total. The minimum Gasteiger partial charge on any atom is -0.748 e. The summed E-state index contributed by atoms with van der Waals surface area (Å²) in [6, 6.07) is 21.5. The van der Waals surface area contributed by atoms with Gasteiger partial charge in [0.05, 0.1) is 12.4 Å². The summed E-state index contributed by atoms with van der Waals surface area (Å²) in [5, 5.41) is 6.41. The van der Waals surface area contributed by atoms with E-state index in [0.29, 0.717) is 6.61 Å². The molecule has 238 valence electrons. The molecule has 0 unspecified atom stereocenters.